The lowest BCUT2D eigenvalue weighted by molar-refractivity contribution is -0.127. The largest absolute Gasteiger partial charge is 0.396 e. The molecule has 9 unspecified atom stereocenters. The van der Waals surface area contributed by atoms with Crippen LogP contribution in [0.15, 0.2) is 88.7 Å². The molecular weight excluding hydrogens is 952 g/mol. The van der Waals surface area contributed by atoms with Crippen LogP contribution in [-0.2, 0) is 35.7 Å². The fraction of sp³-hybridized carbons (Fsp3) is 0.527. The second-order valence-electron chi connectivity index (χ2n) is 21.9. The summed E-state index contributed by atoms with van der Waals surface area (Å²) >= 11 is 13.5. The molecule has 4 N–H and O–H groups in total. The third-order valence-electron chi connectivity index (χ3n) is 17.2. The number of hydrogen-bond acceptors (Lipinski definition) is 8. The molecule has 9 rings (SSSR count). The van der Waals surface area contributed by atoms with E-state index in [9.17, 15) is 36.6 Å². The number of sulfone groups is 2. The third kappa shape index (κ3) is 9.81. The number of aliphatic hydroxyl groups is 2. The van der Waals surface area contributed by atoms with Gasteiger partial charge in [-0.25, -0.2) is 16.8 Å². The summed E-state index contributed by atoms with van der Waals surface area (Å²) in [5.74, 6) is -0.485. The molecule has 10 nitrogen and oxygen atoms in total. The molecule has 0 heterocycles. The summed E-state index contributed by atoms with van der Waals surface area (Å²) in [7, 11) is -8.23. The van der Waals surface area contributed by atoms with Crippen molar-refractivity contribution in [3.05, 3.63) is 117 Å². The zero-order valence-electron chi connectivity index (χ0n) is 40.0. The maximum absolute atomic E-state index is 14.9. The van der Waals surface area contributed by atoms with Gasteiger partial charge in [-0.05, 0) is 175 Å². The summed E-state index contributed by atoms with van der Waals surface area (Å²) in [5, 5.41) is 25.9. The standard InChI is InChI=1S/C55H66Cl2N2O8S2/c1-31(34-17-19-55(3,4)20-18-34)53(62)58-40-12-11-35-21-33(29-60)22-49(46(35)26-40)69(66,67)43-14-16-45(48(57)28-43)52-38(30-61)24-50(68(64,65)42-10-6-9-39(56)25-42)47-27-41(13-15-44(47)52)59-54(63)32(2)51-36-7-5-8-37(51)23-36/h6,9-16,25-28,31-34,36-38,49-52,60-61H,5,7-8,17-24,29-30H2,1-4H3,(H,58,62)(H,59,63). The molecule has 3 fully saturated rings. The number of carbonyl (C=O) groups excluding carboxylic acids is 2. The number of halogens is 2. The van der Waals surface area contributed by atoms with Crippen LogP contribution in [0.4, 0.5) is 11.4 Å². The highest BCUT2D eigenvalue weighted by molar-refractivity contribution is 7.92. The molecule has 3 saturated carbocycles. The van der Waals surface area contributed by atoms with Crippen molar-refractivity contribution >= 4 is 66.1 Å². The minimum absolute atomic E-state index is 0.0104. The molecule has 370 valence electrons. The molecule has 0 radical (unpaired) electrons. The van der Waals surface area contributed by atoms with Gasteiger partial charge in [0.2, 0.25) is 11.8 Å². The molecule has 14 heteroatoms. The van der Waals surface area contributed by atoms with Crippen LogP contribution in [0.5, 0.6) is 0 Å². The molecule has 0 saturated heterocycles. The number of fused-ring (bicyclic) bond motifs is 4. The number of anilines is 2. The minimum atomic E-state index is -4.14. The Morgan fingerprint density at radius 3 is 1.91 bits per heavy atom. The van der Waals surface area contributed by atoms with Crippen LogP contribution >= 0.6 is 23.2 Å². The number of rotatable bonds is 13. The Labute approximate surface area is 418 Å². The first-order chi connectivity index (χ1) is 32.8. The maximum Gasteiger partial charge on any atom is 0.227 e. The Balaban J connectivity index is 1.03. The highest BCUT2D eigenvalue weighted by Crippen LogP contribution is 2.55. The molecule has 9 atom stereocenters. The summed E-state index contributed by atoms with van der Waals surface area (Å²) in [4.78, 5) is 27.5. The van der Waals surface area contributed by atoms with Crippen LogP contribution in [0.2, 0.25) is 10.0 Å². The van der Waals surface area contributed by atoms with E-state index >= 15 is 0 Å². The highest BCUT2D eigenvalue weighted by Gasteiger charge is 2.48. The molecule has 4 aromatic carbocycles. The van der Waals surface area contributed by atoms with Crippen LogP contribution in [0.1, 0.15) is 136 Å². The normalized spacial score (nSPS) is 27.5. The van der Waals surface area contributed by atoms with Crippen LogP contribution in [0.3, 0.4) is 0 Å². The van der Waals surface area contributed by atoms with E-state index in [1.165, 1.54) is 37.1 Å². The summed E-state index contributed by atoms with van der Waals surface area (Å²) in [6.07, 6.45) is 9.43. The van der Waals surface area contributed by atoms with Gasteiger partial charge >= 0.3 is 0 Å². The van der Waals surface area contributed by atoms with Crippen molar-refractivity contribution in [1.82, 2.24) is 0 Å². The highest BCUT2D eigenvalue weighted by atomic mass is 35.5. The third-order valence-corrected chi connectivity index (χ3v) is 22.0. The fourth-order valence-electron chi connectivity index (χ4n) is 13.0. The topological polar surface area (TPSA) is 167 Å². The second kappa shape index (κ2) is 19.7. The Morgan fingerprint density at radius 2 is 1.29 bits per heavy atom. The van der Waals surface area contributed by atoms with Gasteiger partial charge in [0.25, 0.3) is 0 Å². The first-order valence-corrected chi connectivity index (χ1v) is 28.8. The lowest BCUT2D eigenvalue weighted by atomic mass is 9.53. The molecule has 5 aliphatic rings. The summed E-state index contributed by atoms with van der Waals surface area (Å²) in [6, 6.07) is 21.4. The van der Waals surface area contributed by atoms with Gasteiger partial charge in [0.15, 0.2) is 19.7 Å². The SMILES string of the molecule is CC(C(=O)Nc1ccc2c(c1)C(S(=O)(=O)c1ccc(C3c4ccc(NC(=O)C(C)C5C6CCCC5C6)cc4C(S(=O)(=O)c4cccc(Cl)c4)CC3CO)c(Cl)c1)CC(CO)C2)C1CCC(C)(C)CC1. The summed E-state index contributed by atoms with van der Waals surface area (Å²) in [6.45, 7) is 7.91. The Bertz CT molecular complexity index is 2830. The van der Waals surface area contributed by atoms with E-state index in [1.54, 1.807) is 42.5 Å². The van der Waals surface area contributed by atoms with Gasteiger partial charge in [-0.15, -0.1) is 0 Å². The van der Waals surface area contributed by atoms with Crippen LogP contribution in [-0.4, -0.2) is 52.1 Å². The first kappa shape index (κ1) is 50.2. The number of benzene rings is 4. The van der Waals surface area contributed by atoms with Crippen molar-refractivity contribution < 1.29 is 36.6 Å². The van der Waals surface area contributed by atoms with Crippen molar-refractivity contribution in [2.45, 2.75) is 125 Å². The first-order valence-electron chi connectivity index (χ1n) is 24.9. The van der Waals surface area contributed by atoms with Gasteiger partial charge < -0.3 is 20.8 Å². The van der Waals surface area contributed by atoms with Crippen LogP contribution in [0, 0.1) is 52.8 Å². The number of nitrogens with one attached hydrogen (secondary N) is 2. The van der Waals surface area contributed by atoms with E-state index in [2.05, 4.69) is 24.5 Å². The quantitative estimate of drug-likeness (QED) is 0.103. The van der Waals surface area contributed by atoms with Crippen molar-refractivity contribution in [2.24, 2.45) is 52.8 Å². The molecule has 69 heavy (non-hydrogen) atoms. The minimum Gasteiger partial charge on any atom is -0.396 e. The average Bonchev–Trinajstić information content (AvgIpc) is 3.33. The molecule has 2 amide bonds. The predicted molar refractivity (Wildman–Crippen MR) is 272 cm³/mol. The van der Waals surface area contributed by atoms with Gasteiger partial charge in [0, 0.05) is 52.4 Å². The maximum atomic E-state index is 14.9. The number of carbonyl (C=O) groups is 2. The van der Waals surface area contributed by atoms with Crippen molar-refractivity contribution in [2.75, 3.05) is 23.8 Å². The van der Waals surface area contributed by atoms with E-state index in [4.69, 9.17) is 23.2 Å². The zero-order chi connectivity index (χ0) is 49.2. The van der Waals surface area contributed by atoms with E-state index in [-0.39, 0.29) is 86.8 Å². The van der Waals surface area contributed by atoms with E-state index in [0.29, 0.717) is 57.8 Å². The van der Waals surface area contributed by atoms with Crippen molar-refractivity contribution in [3.63, 3.8) is 0 Å². The number of amides is 2. The number of aliphatic hydroxyl groups excluding tert-OH is 2. The number of hydrogen-bond donors (Lipinski definition) is 4. The summed E-state index contributed by atoms with van der Waals surface area (Å²) < 4.78 is 59.1. The lowest BCUT2D eigenvalue weighted by Crippen LogP contribution is -2.47. The fourth-order valence-corrected chi connectivity index (χ4v) is 17.5. The lowest BCUT2D eigenvalue weighted by Gasteiger charge is -2.52. The second-order valence-corrected chi connectivity index (χ2v) is 27.0. The van der Waals surface area contributed by atoms with Gasteiger partial charge in [-0.3, -0.25) is 9.59 Å². The smallest absolute Gasteiger partial charge is 0.227 e. The molecule has 2 bridgehead atoms. The van der Waals surface area contributed by atoms with Gasteiger partial charge in [-0.2, -0.15) is 0 Å². The Kier molecular flexibility index (Phi) is 14.3. The molecule has 0 spiro atoms. The molecule has 0 aliphatic heterocycles. The molecule has 0 aromatic heterocycles. The predicted octanol–water partition coefficient (Wildman–Crippen LogP) is 11.5. The van der Waals surface area contributed by atoms with Crippen molar-refractivity contribution in [1.29, 1.82) is 0 Å². The van der Waals surface area contributed by atoms with Crippen molar-refractivity contribution in [3.8, 4) is 0 Å². The van der Waals surface area contributed by atoms with E-state index < -0.39 is 42.0 Å². The van der Waals surface area contributed by atoms with Crippen LogP contribution in [0.25, 0.3) is 0 Å². The van der Waals surface area contributed by atoms with Gasteiger partial charge in [0.1, 0.15) is 0 Å². The zero-order valence-corrected chi connectivity index (χ0v) is 43.1. The Morgan fingerprint density at radius 1 is 0.681 bits per heavy atom. The molecule has 5 aliphatic carbocycles. The van der Waals surface area contributed by atoms with Crippen LogP contribution < -0.4 is 10.6 Å². The summed E-state index contributed by atoms with van der Waals surface area (Å²) in [5.41, 5.74) is 4.21. The van der Waals surface area contributed by atoms with Gasteiger partial charge in [-0.1, -0.05) is 94.4 Å². The Hall–Kier alpha value is -3.78. The monoisotopic (exact) mass is 1020 g/mol. The van der Waals surface area contributed by atoms with Gasteiger partial charge in [0.05, 0.1) is 20.3 Å². The molecular formula is C55H66Cl2N2O8S2. The van der Waals surface area contributed by atoms with E-state index in [0.717, 1.165) is 44.1 Å². The molecule has 4 aromatic rings. The van der Waals surface area contributed by atoms with E-state index in [1.807, 2.05) is 26.0 Å². The average molecular weight is 1020 g/mol.